The molecule has 3 aromatic rings. The molecule has 5 nitrogen and oxygen atoms in total. The smallest absolute Gasteiger partial charge is 0.257 e. The fourth-order valence-electron chi connectivity index (χ4n) is 2.62. The molecular formula is C22H21N3O2. The van der Waals surface area contributed by atoms with Gasteiger partial charge in [0.2, 0.25) is 0 Å². The number of carbonyl (C=O) groups excluding carboxylic acids is 2. The van der Waals surface area contributed by atoms with Gasteiger partial charge in [0.25, 0.3) is 11.8 Å². The maximum absolute atomic E-state index is 12.7. The molecule has 0 heterocycles. The van der Waals surface area contributed by atoms with Crippen LogP contribution in [0.1, 0.15) is 20.7 Å². The van der Waals surface area contributed by atoms with Gasteiger partial charge in [0.1, 0.15) is 0 Å². The summed E-state index contributed by atoms with van der Waals surface area (Å²) in [5, 5.41) is 5.68. The van der Waals surface area contributed by atoms with E-state index in [0.717, 1.165) is 5.69 Å². The van der Waals surface area contributed by atoms with Gasteiger partial charge in [0.05, 0.1) is 11.3 Å². The van der Waals surface area contributed by atoms with Gasteiger partial charge in [-0.05, 0) is 48.5 Å². The fourth-order valence-corrected chi connectivity index (χ4v) is 2.62. The van der Waals surface area contributed by atoms with Crippen molar-refractivity contribution in [1.82, 2.24) is 0 Å². The Morgan fingerprint density at radius 2 is 1.33 bits per heavy atom. The Kier molecular flexibility index (Phi) is 5.52. The highest BCUT2D eigenvalue weighted by atomic mass is 16.2. The van der Waals surface area contributed by atoms with Gasteiger partial charge >= 0.3 is 0 Å². The summed E-state index contributed by atoms with van der Waals surface area (Å²) < 4.78 is 0. The van der Waals surface area contributed by atoms with Crippen molar-refractivity contribution in [3.8, 4) is 0 Å². The molecule has 0 radical (unpaired) electrons. The number of para-hydroxylation sites is 1. The molecule has 0 spiro atoms. The minimum absolute atomic E-state index is 0.258. The standard InChI is InChI=1S/C22H21N3O2/c1-25(2)18-14-12-17(13-15-18)23-22(27)19-10-6-7-11-20(19)24-21(26)16-8-4-3-5-9-16/h3-15H,1-2H3,(H,23,27)(H,24,26). The van der Waals surface area contributed by atoms with Gasteiger partial charge in [-0.2, -0.15) is 0 Å². The van der Waals surface area contributed by atoms with Gasteiger partial charge in [-0.15, -0.1) is 0 Å². The van der Waals surface area contributed by atoms with Crippen molar-refractivity contribution in [2.45, 2.75) is 0 Å². The number of hydrogen-bond donors (Lipinski definition) is 2. The van der Waals surface area contributed by atoms with Crippen LogP contribution in [0.4, 0.5) is 17.1 Å². The average molecular weight is 359 g/mol. The zero-order valence-electron chi connectivity index (χ0n) is 15.3. The summed E-state index contributed by atoms with van der Waals surface area (Å²) in [6, 6.07) is 23.4. The highest BCUT2D eigenvalue weighted by Crippen LogP contribution is 2.20. The number of benzene rings is 3. The van der Waals surface area contributed by atoms with E-state index in [1.54, 1.807) is 48.5 Å². The van der Waals surface area contributed by atoms with Gasteiger partial charge in [-0.1, -0.05) is 30.3 Å². The molecule has 0 aliphatic carbocycles. The Morgan fingerprint density at radius 1 is 0.704 bits per heavy atom. The molecule has 0 aromatic heterocycles. The minimum atomic E-state index is -0.281. The van der Waals surface area contributed by atoms with Gasteiger partial charge in [-0.25, -0.2) is 0 Å². The molecule has 2 N–H and O–H groups in total. The van der Waals surface area contributed by atoms with Crippen molar-refractivity contribution in [3.63, 3.8) is 0 Å². The second-order valence-electron chi connectivity index (χ2n) is 6.26. The summed E-state index contributed by atoms with van der Waals surface area (Å²) >= 11 is 0. The van der Waals surface area contributed by atoms with Gasteiger partial charge in [0.15, 0.2) is 0 Å². The third kappa shape index (κ3) is 4.52. The van der Waals surface area contributed by atoms with E-state index in [9.17, 15) is 9.59 Å². The molecular weight excluding hydrogens is 338 g/mol. The maximum atomic E-state index is 12.7. The summed E-state index contributed by atoms with van der Waals surface area (Å²) in [6.45, 7) is 0. The first kappa shape index (κ1) is 18.2. The third-order valence-corrected chi connectivity index (χ3v) is 4.10. The molecule has 0 bridgehead atoms. The Balaban J connectivity index is 1.76. The fraction of sp³-hybridized carbons (Fsp3) is 0.0909. The second-order valence-corrected chi connectivity index (χ2v) is 6.26. The number of hydrogen-bond acceptors (Lipinski definition) is 3. The van der Waals surface area contributed by atoms with Crippen molar-refractivity contribution in [1.29, 1.82) is 0 Å². The minimum Gasteiger partial charge on any atom is -0.378 e. The van der Waals surface area contributed by atoms with Crippen LogP contribution < -0.4 is 15.5 Å². The molecule has 27 heavy (non-hydrogen) atoms. The van der Waals surface area contributed by atoms with Crippen LogP contribution in [-0.4, -0.2) is 25.9 Å². The van der Waals surface area contributed by atoms with Crippen molar-refractivity contribution in [2.75, 3.05) is 29.6 Å². The second kappa shape index (κ2) is 8.19. The Morgan fingerprint density at radius 3 is 2.00 bits per heavy atom. The van der Waals surface area contributed by atoms with Crippen LogP contribution >= 0.6 is 0 Å². The van der Waals surface area contributed by atoms with Crippen molar-refractivity contribution < 1.29 is 9.59 Å². The lowest BCUT2D eigenvalue weighted by Gasteiger charge is -2.14. The highest BCUT2D eigenvalue weighted by Gasteiger charge is 2.14. The van der Waals surface area contributed by atoms with Crippen molar-refractivity contribution >= 4 is 28.9 Å². The predicted octanol–water partition coefficient (Wildman–Crippen LogP) is 4.26. The highest BCUT2D eigenvalue weighted by molar-refractivity contribution is 6.12. The number of carbonyl (C=O) groups is 2. The first-order chi connectivity index (χ1) is 13.0. The van der Waals surface area contributed by atoms with Gasteiger partial charge in [-0.3, -0.25) is 9.59 Å². The molecule has 3 rings (SSSR count). The molecule has 0 fully saturated rings. The summed E-state index contributed by atoms with van der Waals surface area (Å²) in [6.07, 6.45) is 0. The zero-order valence-corrected chi connectivity index (χ0v) is 15.3. The van der Waals surface area contributed by atoms with Gasteiger partial charge < -0.3 is 15.5 Å². The molecule has 0 saturated heterocycles. The van der Waals surface area contributed by atoms with E-state index >= 15 is 0 Å². The maximum Gasteiger partial charge on any atom is 0.257 e. The van der Waals surface area contributed by atoms with E-state index < -0.39 is 0 Å². The van der Waals surface area contributed by atoms with Crippen LogP contribution in [0.3, 0.4) is 0 Å². The first-order valence-electron chi connectivity index (χ1n) is 8.59. The molecule has 2 amide bonds. The van der Waals surface area contributed by atoms with E-state index in [1.165, 1.54) is 0 Å². The van der Waals surface area contributed by atoms with Crippen LogP contribution in [0.2, 0.25) is 0 Å². The predicted molar refractivity (Wildman–Crippen MR) is 110 cm³/mol. The average Bonchev–Trinajstić information content (AvgIpc) is 2.69. The Hall–Kier alpha value is -3.60. The number of amides is 2. The monoisotopic (exact) mass is 359 g/mol. The quantitative estimate of drug-likeness (QED) is 0.716. The van der Waals surface area contributed by atoms with Crippen molar-refractivity contribution in [2.24, 2.45) is 0 Å². The van der Waals surface area contributed by atoms with Crippen LogP contribution in [0.15, 0.2) is 78.9 Å². The summed E-state index contributed by atoms with van der Waals surface area (Å²) in [5.74, 6) is -0.539. The van der Waals surface area contributed by atoms with Crippen LogP contribution in [0.25, 0.3) is 0 Å². The molecule has 0 saturated carbocycles. The molecule has 0 aliphatic heterocycles. The van der Waals surface area contributed by atoms with Gasteiger partial charge in [0, 0.05) is 31.0 Å². The van der Waals surface area contributed by atoms with E-state index in [1.807, 2.05) is 49.3 Å². The lowest BCUT2D eigenvalue weighted by atomic mass is 10.1. The van der Waals surface area contributed by atoms with Crippen LogP contribution in [-0.2, 0) is 0 Å². The van der Waals surface area contributed by atoms with E-state index in [0.29, 0.717) is 22.5 Å². The Bertz CT molecular complexity index is 935. The normalized spacial score (nSPS) is 10.1. The van der Waals surface area contributed by atoms with E-state index in [4.69, 9.17) is 0 Å². The molecule has 0 aliphatic rings. The number of rotatable bonds is 5. The number of nitrogens with zero attached hydrogens (tertiary/aromatic N) is 1. The molecule has 0 unspecified atom stereocenters. The van der Waals surface area contributed by atoms with Crippen molar-refractivity contribution in [3.05, 3.63) is 90.0 Å². The lowest BCUT2D eigenvalue weighted by molar-refractivity contribution is 0.102. The number of nitrogens with one attached hydrogen (secondary N) is 2. The molecule has 3 aromatic carbocycles. The third-order valence-electron chi connectivity index (χ3n) is 4.10. The molecule has 5 heteroatoms. The lowest BCUT2D eigenvalue weighted by Crippen LogP contribution is -2.18. The zero-order chi connectivity index (χ0) is 19.2. The first-order valence-corrected chi connectivity index (χ1v) is 8.59. The molecule has 0 atom stereocenters. The molecule has 136 valence electrons. The van der Waals surface area contributed by atoms with Crippen LogP contribution in [0, 0.1) is 0 Å². The van der Waals surface area contributed by atoms with E-state index in [2.05, 4.69) is 10.6 Å². The summed E-state index contributed by atoms with van der Waals surface area (Å²) in [4.78, 5) is 27.1. The topological polar surface area (TPSA) is 61.4 Å². The Labute approximate surface area is 158 Å². The largest absolute Gasteiger partial charge is 0.378 e. The summed E-state index contributed by atoms with van der Waals surface area (Å²) in [7, 11) is 3.92. The van der Waals surface area contributed by atoms with Crippen LogP contribution in [0.5, 0.6) is 0 Å². The number of anilines is 3. The van der Waals surface area contributed by atoms with E-state index in [-0.39, 0.29) is 11.8 Å². The SMILES string of the molecule is CN(C)c1ccc(NC(=O)c2ccccc2NC(=O)c2ccccc2)cc1. The summed E-state index contributed by atoms with van der Waals surface area (Å²) in [5.41, 5.74) is 3.14.